The van der Waals surface area contributed by atoms with Crippen molar-refractivity contribution in [3.05, 3.63) is 61.5 Å². The number of thioether (sulfide) groups is 1. The number of amidine groups is 1. The van der Waals surface area contributed by atoms with Gasteiger partial charge >= 0.3 is 0 Å². The topological polar surface area (TPSA) is 77.3 Å². The summed E-state index contributed by atoms with van der Waals surface area (Å²) in [5.41, 5.74) is 1.15. The number of nitrogens with one attached hydrogen (secondary N) is 1. The summed E-state index contributed by atoms with van der Waals surface area (Å²) in [5, 5.41) is 21.0. The first kappa shape index (κ1) is 18.5. The summed E-state index contributed by atoms with van der Waals surface area (Å²) < 4.78 is 1.63. The molecule has 2 aromatic rings. The molecule has 4 rings (SSSR count). The van der Waals surface area contributed by atoms with Gasteiger partial charge in [-0.3, -0.25) is 15.1 Å². The first-order valence-corrected chi connectivity index (χ1v) is 10.7. The number of phenols is 1. The maximum Gasteiger partial charge on any atom is 0.276 e. The van der Waals surface area contributed by atoms with Crippen LogP contribution in [0.5, 0.6) is 5.75 Å². The molecule has 2 aliphatic heterocycles. The van der Waals surface area contributed by atoms with E-state index in [2.05, 4.69) is 42.3 Å². The van der Waals surface area contributed by atoms with E-state index in [9.17, 15) is 9.90 Å². The van der Waals surface area contributed by atoms with E-state index < -0.39 is 6.17 Å². The molecule has 2 heterocycles. The number of benzene rings is 2. The van der Waals surface area contributed by atoms with Gasteiger partial charge in [0, 0.05) is 19.7 Å². The molecule has 6 nitrogen and oxygen atoms in total. The van der Waals surface area contributed by atoms with Gasteiger partial charge in [-0.15, -0.1) is 5.10 Å². The molecule has 0 spiro atoms. The van der Waals surface area contributed by atoms with Gasteiger partial charge in [0.05, 0.1) is 5.36 Å². The lowest BCUT2D eigenvalue weighted by Crippen LogP contribution is -2.50. The molecule has 0 saturated carbocycles. The lowest BCUT2D eigenvalue weighted by molar-refractivity contribution is -0.116. The summed E-state index contributed by atoms with van der Waals surface area (Å²) >= 11 is 8.44. The van der Waals surface area contributed by atoms with E-state index in [-0.39, 0.29) is 11.7 Å². The van der Waals surface area contributed by atoms with E-state index in [1.807, 2.05) is 25.1 Å². The van der Waals surface area contributed by atoms with Crippen molar-refractivity contribution in [2.24, 2.45) is 10.1 Å². The van der Waals surface area contributed by atoms with Crippen molar-refractivity contribution in [3.8, 4) is 5.75 Å². The van der Waals surface area contributed by atoms with Crippen molar-refractivity contribution in [2.45, 2.75) is 13.1 Å². The maximum atomic E-state index is 12.9. The smallest absolute Gasteiger partial charge is 0.276 e. The van der Waals surface area contributed by atoms with Crippen molar-refractivity contribution < 1.29 is 9.90 Å². The third kappa shape index (κ3) is 3.39. The SMILES string of the molecule is CCSC1=NN2C(=c3cc(Br)ccc3=NC2c2cc(O)ccc2Br)C(=O)N1. The lowest BCUT2D eigenvalue weighted by Gasteiger charge is -2.34. The van der Waals surface area contributed by atoms with Crippen LogP contribution in [0.25, 0.3) is 5.70 Å². The molecule has 0 aromatic heterocycles. The summed E-state index contributed by atoms with van der Waals surface area (Å²) in [5.74, 6) is 0.679. The second-order valence-corrected chi connectivity index (χ2v) is 8.88. The predicted octanol–water partition coefficient (Wildman–Crippen LogP) is 2.81. The van der Waals surface area contributed by atoms with Gasteiger partial charge in [-0.05, 0) is 42.2 Å². The van der Waals surface area contributed by atoms with Gasteiger partial charge in [0.15, 0.2) is 11.3 Å². The van der Waals surface area contributed by atoms with Crippen LogP contribution in [0.2, 0.25) is 0 Å². The fourth-order valence-corrected chi connectivity index (χ4v) is 4.38. The maximum absolute atomic E-state index is 12.9. The van der Waals surface area contributed by atoms with Crippen LogP contribution in [0.1, 0.15) is 18.7 Å². The summed E-state index contributed by atoms with van der Waals surface area (Å²) in [6.07, 6.45) is -0.575. The molecule has 0 radical (unpaired) electrons. The molecular weight excluding hydrogens is 496 g/mol. The van der Waals surface area contributed by atoms with E-state index in [4.69, 9.17) is 4.99 Å². The van der Waals surface area contributed by atoms with E-state index in [1.165, 1.54) is 11.8 Å². The fourth-order valence-electron chi connectivity index (χ4n) is 2.98. The van der Waals surface area contributed by atoms with Gasteiger partial charge in [0.1, 0.15) is 11.4 Å². The van der Waals surface area contributed by atoms with Crippen LogP contribution >= 0.6 is 43.6 Å². The first-order chi connectivity index (χ1) is 13.0. The Hall–Kier alpha value is -1.84. The van der Waals surface area contributed by atoms with E-state index in [0.717, 1.165) is 20.3 Å². The van der Waals surface area contributed by atoms with Crippen LogP contribution in [-0.2, 0) is 4.79 Å². The molecule has 9 heteroatoms. The number of phenolic OH excluding ortho intramolecular Hbond substituents is 1. The first-order valence-electron chi connectivity index (χ1n) is 8.16. The molecule has 0 saturated heterocycles. The molecule has 0 fully saturated rings. The number of amides is 1. The van der Waals surface area contributed by atoms with Crippen LogP contribution in [-0.4, -0.2) is 26.9 Å². The van der Waals surface area contributed by atoms with Crippen LogP contribution in [0.4, 0.5) is 0 Å². The van der Waals surface area contributed by atoms with Crippen molar-refractivity contribution in [1.29, 1.82) is 0 Å². The molecule has 1 unspecified atom stereocenters. The van der Waals surface area contributed by atoms with Gasteiger partial charge in [0.2, 0.25) is 0 Å². The standard InChI is InChI=1S/C18H14Br2N4O2S/c1-2-27-18-22-17(26)15-12-7-9(19)3-6-14(12)21-16(24(15)23-18)11-8-10(25)4-5-13(11)20/h3-8,16,25H,2H2,1H3,(H,22,23,26). The molecular formula is C18H14Br2N4O2S. The minimum Gasteiger partial charge on any atom is -0.508 e. The Morgan fingerprint density at radius 1 is 1.26 bits per heavy atom. The highest BCUT2D eigenvalue weighted by molar-refractivity contribution is 9.10. The fraction of sp³-hybridized carbons (Fsp3) is 0.167. The van der Waals surface area contributed by atoms with Gasteiger partial charge in [-0.25, -0.2) is 5.01 Å². The lowest BCUT2D eigenvalue weighted by atomic mass is 10.1. The number of nitrogens with zero attached hydrogens (tertiary/aromatic N) is 3. The molecule has 1 amide bonds. The highest BCUT2D eigenvalue weighted by Crippen LogP contribution is 2.36. The molecule has 1 atom stereocenters. The number of fused-ring (bicyclic) bond motifs is 2. The second kappa shape index (κ2) is 7.29. The summed E-state index contributed by atoms with van der Waals surface area (Å²) in [6.45, 7) is 1.99. The van der Waals surface area contributed by atoms with Crippen LogP contribution in [0.15, 0.2) is 55.4 Å². The number of carbonyl (C=O) groups excluding carboxylic acids is 1. The Balaban J connectivity index is 2.00. The molecule has 2 aromatic carbocycles. The highest BCUT2D eigenvalue weighted by Gasteiger charge is 2.35. The Morgan fingerprint density at radius 3 is 2.85 bits per heavy atom. The Bertz CT molecular complexity index is 1100. The quantitative estimate of drug-likeness (QED) is 0.652. The van der Waals surface area contributed by atoms with Crippen molar-refractivity contribution in [3.63, 3.8) is 0 Å². The zero-order valence-corrected chi connectivity index (χ0v) is 18.1. The zero-order chi connectivity index (χ0) is 19.1. The van der Waals surface area contributed by atoms with Crippen molar-refractivity contribution in [2.75, 3.05) is 5.75 Å². The molecule has 2 aliphatic rings. The minimum absolute atomic E-state index is 0.125. The van der Waals surface area contributed by atoms with Gasteiger partial charge in [0.25, 0.3) is 5.91 Å². The third-order valence-corrected chi connectivity index (χ3v) is 6.07. The predicted molar refractivity (Wildman–Crippen MR) is 112 cm³/mol. The molecule has 0 bridgehead atoms. The summed E-state index contributed by atoms with van der Waals surface area (Å²) in [4.78, 5) is 17.7. The van der Waals surface area contributed by atoms with Crippen molar-refractivity contribution >= 4 is 60.4 Å². The van der Waals surface area contributed by atoms with Crippen molar-refractivity contribution in [1.82, 2.24) is 10.3 Å². The minimum atomic E-state index is -0.575. The summed E-state index contributed by atoms with van der Waals surface area (Å²) in [7, 11) is 0. The number of carbonyl (C=O) groups is 1. The monoisotopic (exact) mass is 508 g/mol. The van der Waals surface area contributed by atoms with E-state index in [1.54, 1.807) is 23.2 Å². The van der Waals surface area contributed by atoms with Crippen LogP contribution in [0, 0.1) is 0 Å². The highest BCUT2D eigenvalue weighted by atomic mass is 79.9. The number of hydrogen-bond acceptors (Lipinski definition) is 6. The molecule has 138 valence electrons. The Kier molecular flexibility index (Phi) is 5.00. The number of hydrogen-bond donors (Lipinski definition) is 2. The number of halogens is 2. The van der Waals surface area contributed by atoms with E-state index >= 15 is 0 Å². The van der Waals surface area contributed by atoms with Crippen LogP contribution in [0.3, 0.4) is 0 Å². The van der Waals surface area contributed by atoms with Crippen LogP contribution < -0.4 is 15.9 Å². The number of rotatable bonds is 2. The van der Waals surface area contributed by atoms with Gasteiger partial charge in [-0.1, -0.05) is 50.5 Å². The zero-order valence-electron chi connectivity index (χ0n) is 14.1. The van der Waals surface area contributed by atoms with E-state index in [0.29, 0.717) is 21.4 Å². The second-order valence-electron chi connectivity index (χ2n) is 5.86. The third-order valence-electron chi connectivity index (χ3n) is 4.11. The Labute approximate surface area is 176 Å². The van der Waals surface area contributed by atoms with Gasteiger partial charge in [-0.2, -0.15) is 0 Å². The normalized spacial score (nSPS) is 18.3. The molecule has 0 aliphatic carbocycles. The molecule has 27 heavy (non-hydrogen) atoms. The largest absolute Gasteiger partial charge is 0.508 e. The average molecular weight is 510 g/mol. The average Bonchev–Trinajstić information content (AvgIpc) is 2.63. The molecule has 2 N–H and O–H groups in total. The Morgan fingerprint density at radius 2 is 2.07 bits per heavy atom. The van der Waals surface area contributed by atoms with Gasteiger partial charge < -0.3 is 5.11 Å². The number of aromatic hydroxyl groups is 1. The number of hydrazone groups is 1. The summed E-state index contributed by atoms with van der Waals surface area (Å²) in [6, 6.07) is 10.6.